The zero-order chi connectivity index (χ0) is 22.3. The third-order valence-electron chi connectivity index (χ3n) is 4.69. The van der Waals surface area contributed by atoms with Crippen LogP contribution in [0, 0.1) is 0 Å². The van der Waals surface area contributed by atoms with E-state index in [9.17, 15) is 4.79 Å². The van der Waals surface area contributed by atoms with Crippen LogP contribution in [0.15, 0.2) is 73.1 Å². The minimum absolute atomic E-state index is 0.0565. The van der Waals surface area contributed by atoms with Crippen molar-refractivity contribution in [3.63, 3.8) is 0 Å². The largest absolute Gasteiger partial charge is 0.493 e. The molecule has 2 aromatic heterocycles. The Morgan fingerprint density at radius 1 is 1.03 bits per heavy atom. The van der Waals surface area contributed by atoms with E-state index in [1.807, 2.05) is 37.3 Å². The van der Waals surface area contributed by atoms with E-state index >= 15 is 0 Å². The Balaban J connectivity index is 1.43. The summed E-state index contributed by atoms with van der Waals surface area (Å²) in [6.45, 7) is 2.00. The molecule has 0 aliphatic heterocycles. The van der Waals surface area contributed by atoms with Crippen molar-refractivity contribution in [2.75, 3.05) is 12.4 Å². The fourth-order valence-electron chi connectivity index (χ4n) is 3.16. The average molecular weight is 447 g/mol. The van der Waals surface area contributed by atoms with Gasteiger partial charge < -0.3 is 9.47 Å². The lowest BCUT2D eigenvalue weighted by atomic mass is 10.1. The maximum atomic E-state index is 12.7. The van der Waals surface area contributed by atoms with Crippen LogP contribution in [0.3, 0.4) is 0 Å². The Morgan fingerprint density at radius 2 is 1.81 bits per heavy atom. The molecule has 0 bridgehead atoms. The Kier molecular flexibility index (Phi) is 6.72. The third-order valence-corrected chi connectivity index (χ3v) is 5.58. The van der Waals surface area contributed by atoms with E-state index in [0.29, 0.717) is 27.2 Å². The SMILES string of the molecule is COc1cc(C(=O)Nc2nnc(-c3ccncc3)s2)ccc1OC(C)Cc1ccccc1. The molecule has 0 aliphatic carbocycles. The zero-order valence-corrected chi connectivity index (χ0v) is 18.5. The Bertz CT molecular complexity index is 1180. The summed E-state index contributed by atoms with van der Waals surface area (Å²) in [5, 5.41) is 12.1. The molecule has 2 heterocycles. The molecule has 4 aromatic rings. The lowest BCUT2D eigenvalue weighted by Gasteiger charge is -2.17. The molecule has 8 heteroatoms. The van der Waals surface area contributed by atoms with Gasteiger partial charge in [0.2, 0.25) is 5.13 Å². The number of nitrogens with one attached hydrogen (secondary N) is 1. The molecule has 0 fully saturated rings. The molecule has 1 N–H and O–H groups in total. The predicted molar refractivity (Wildman–Crippen MR) is 124 cm³/mol. The molecule has 32 heavy (non-hydrogen) atoms. The summed E-state index contributed by atoms with van der Waals surface area (Å²) >= 11 is 1.29. The molecule has 7 nitrogen and oxygen atoms in total. The van der Waals surface area contributed by atoms with Crippen LogP contribution in [0.2, 0.25) is 0 Å². The quantitative estimate of drug-likeness (QED) is 0.416. The monoisotopic (exact) mass is 446 g/mol. The van der Waals surface area contributed by atoms with E-state index in [1.165, 1.54) is 16.9 Å². The number of hydrogen-bond acceptors (Lipinski definition) is 7. The number of carbonyl (C=O) groups is 1. The number of methoxy groups -OCH3 is 1. The van der Waals surface area contributed by atoms with Gasteiger partial charge in [0.05, 0.1) is 7.11 Å². The molecule has 162 valence electrons. The number of carbonyl (C=O) groups excluding carboxylic acids is 1. The summed E-state index contributed by atoms with van der Waals surface area (Å²) in [5.41, 5.74) is 2.52. The molecule has 1 amide bonds. The maximum Gasteiger partial charge on any atom is 0.257 e. The van der Waals surface area contributed by atoms with Crippen molar-refractivity contribution in [3.05, 3.63) is 84.2 Å². The topological polar surface area (TPSA) is 86.2 Å². The highest BCUT2D eigenvalue weighted by Crippen LogP contribution is 2.30. The number of ether oxygens (including phenoxy) is 2. The van der Waals surface area contributed by atoms with Crippen LogP contribution >= 0.6 is 11.3 Å². The van der Waals surface area contributed by atoms with Gasteiger partial charge in [-0.05, 0) is 42.8 Å². The molecular weight excluding hydrogens is 424 g/mol. The molecular formula is C24H22N4O3S. The van der Waals surface area contributed by atoms with E-state index in [1.54, 1.807) is 37.7 Å². The second kappa shape index (κ2) is 10.0. The molecule has 0 spiro atoms. The van der Waals surface area contributed by atoms with Crippen LogP contribution in [0.25, 0.3) is 10.6 Å². The highest BCUT2D eigenvalue weighted by Gasteiger charge is 2.16. The summed E-state index contributed by atoms with van der Waals surface area (Å²) in [7, 11) is 1.55. The van der Waals surface area contributed by atoms with Gasteiger partial charge in [0.25, 0.3) is 5.91 Å². The average Bonchev–Trinajstić information content (AvgIpc) is 3.29. The summed E-state index contributed by atoms with van der Waals surface area (Å²) in [4.78, 5) is 16.7. The normalized spacial score (nSPS) is 11.6. The van der Waals surface area contributed by atoms with E-state index in [0.717, 1.165) is 12.0 Å². The first-order valence-corrected chi connectivity index (χ1v) is 10.9. The molecule has 1 unspecified atom stereocenters. The van der Waals surface area contributed by atoms with Gasteiger partial charge in [-0.3, -0.25) is 15.1 Å². The Labute approximate surface area is 190 Å². The fraction of sp³-hybridized carbons (Fsp3) is 0.167. The molecule has 0 radical (unpaired) electrons. The maximum absolute atomic E-state index is 12.7. The lowest BCUT2D eigenvalue weighted by molar-refractivity contribution is 0.102. The van der Waals surface area contributed by atoms with Crippen molar-refractivity contribution in [1.82, 2.24) is 15.2 Å². The first-order valence-electron chi connectivity index (χ1n) is 10.1. The van der Waals surface area contributed by atoms with Gasteiger partial charge >= 0.3 is 0 Å². The van der Waals surface area contributed by atoms with Crippen LogP contribution in [-0.4, -0.2) is 34.3 Å². The van der Waals surface area contributed by atoms with Crippen molar-refractivity contribution >= 4 is 22.4 Å². The van der Waals surface area contributed by atoms with Crippen LogP contribution in [0.4, 0.5) is 5.13 Å². The molecule has 2 aromatic carbocycles. The summed E-state index contributed by atoms with van der Waals surface area (Å²) in [6.07, 6.45) is 4.08. The van der Waals surface area contributed by atoms with Gasteiger partial charge in [-0.15, -0.1) is 10.2 Å². The molecule has 0 saturated heterocycles. The van der Waals surface area contributed by atoms with Crippen LogP contribution in [0.1, 0.15) is 22.8 Å². The number of nitrogens with zero attached hydrogens (tertiary/aromatic N) is 3. The first-order chi connectivity index (χ1) is 15.6. The lowest BCUT2D eigenvalue weighted by Crippen LogP contribution is -2.16. The number of benzene rings is 2. The summed E-state index contributed by atoms with van der Waals surface area (Å²) < 4.78 is 11.5. The first kappa shape index (κ1) is 21.5. The Hall–Kier alpha value is -3.78. The van der Waals surface area contributed by atoms with Gasteiger partial charge in [-0.1, -0.05) is 41.7 Å². The fourth-order valence-corrected chi connectivity index (χ4v) is 3.91. The Morgan fingerprint density at radius 3 is 2.56 bits per heavy atom. The van der Waals surface area contributed by atoms with E-state index in [-0.39, 0.29) is 12.0 Å². The number of rotatable bonds is 8. The zero-order valence-electron chi connectivity index (χ0n) is 17.7. The smallest absolute Gasteiger partial charge is 0.257 e. The van der Waals surface area contributed by atoms with Gasteiger partial charge in [0.1, 0.15) is 11.1 Å². The van der Waals surface area contributed by atoms with Gasteiger partial charge in [-0.25, -0.2) is 0 Å². The summed E-state index contributed by atoms with van der Waals surface area (Å²) in [6, 6.07) is 18.9. The van der Waals surface area contributed by atoms with Crippen LogP contribution in [-0.2, 0) is 6.42 Å². The van der Waals surface area contributed by atoms with Crippen LogP contribution in [0.5, 0.6) is 11.5 Å². The van der Waals surface area contributed by atoms with E-state index in [4.69, 9.17) is 9.47 Å². The molecule has 0 saturated carbocycles. The molecule has 4 rings (SSSR count). The van der Waals surface area contributed by atoms with Crippen molar-refractivity contribution in [3.8, 4) is 22.1 Å². The minimum atomic E-state index is -0.301. The second-order valence-electron chi connectivity index (χ2n) is 7.09. The molecule has 1 atom stereocenters. The number of anilines is 1. The van der Waals surface area contributed by atoms with Crippen molar-refractivity contribution in [2.24, 2.45) is 0 Å². The number of aromatic nitrogens is 3. The summed E-state index contributed by atoms with van der Waals surface area (Å²) in [5.74, 6) is 0.778. The predicted octanol–water partition coefficient (Wildman–Crippen LogP) is 4.87. The number of pyridine rings is 1. The van der Waals surface area contributed by atoms with Gasteiger partial charge in [0, 0.05) is 29.9 Å². The van der Waals surface area contributed by atoms with Crippen molar-refractivity contribution in [1.29, 1.82) is 0 Å². The van der Waals surface area contributed by atoms with Gasteiger partial charge in [0.15, 0.2) is 11.5 Å². The standard InChI is InChI=1S/C24H22N4O3S/c1-16(14-17-6-4-3-5-7-17)31-20-9-8-19(15-21(20)30-2)22(29)26-24-28-27-23(32-24)18-10-12-25-13-11-18/h3-13,15-16H,14H2,1-2H3,(H,26,28,29). The van der Waals surface area contributed by atoms with E-state index < -0.39 is 0 Å². The van der Waals surface area contributed by atoms with E-state index in [2.05, 4.69) is 32.6 Å². The van der Waals surface area contributed by atoms with Crippen LogP contribution < -0.4 is 14.8 Å². The van der Waals surface area contributed by atoms with Gasteiger partial charge in [-0.2, -0.15) is 0 Å². The minimum Gasteiger partial charge on any atom is -0.493 e. The number of hydrogen-bond donors (Lipinski definition) is 1. The highest BCUT2D eigenvalue weighted by atomic mass is 32.1. The third kappa shape index (κ3) is 5.28. The van der Waals surface area contributed by atoms with Crippen molar-refractivity contribution in [2.45, 2.75) is 19.4 Å². The number of amides is 1. The van der Waals surface area contributed by atoms with Crippen molar-refractivity contribution < 1.29 is 14.3 Å². The highest BCUT2D eigenvalue weighted by molar-refractivity contribution is 7.18. The second-order valence-corrected chi connectivity index (χ2v) is 8.06. The molecule has 0 aliphatic rings.